The molecule has 4 amide bonds. The molecule has 2 saturated heterocycles. The van der Waals surface area contributed by atoms with Crippen LogP contribution in [-0.2, 0) is 28.8 Å². The Kier molecular flexibility index (Phi) is 10.2. The Morgan fingerprint density at radius 1 is 0.585 bits per heavy atom. The minimum Gasteiger partial charge on any atom is -0.481 e. The first-order chi connectivity index (χ1) is 30.1. The number of rotatable bonds is 6. The summed E-state index contributed by atoms with van der Waals surface area (Å²) in [6.07, 6.45) is 13.8. The number of anilines is 2. The van der Waals surface area contributed by atoms with Gasteiger partial charge in [0.2, 0.25) is 23.6 Å². The molecule has 343 valence electrons. The van der Waals surface area contributed by atoms with E-state index in [1.807, 2.05) is 13.8 Å². The first kappa shape index (κ1) is 45.7. The Bertz CT molecular complexity index is 2250. The van der Waals surface area contributed by atoms with Crippen LogP contribution in [-0.4, -0.2) is 75.3 Å². The zero-order chi connectivity index (χ0) is 45.6. The molecular formula is C54H68N2NaO8. The van der Waals surface area contributed by atoms with Crippen molar-refractivity contribution in [1.82, 2.24) is 0 Å². The second-order valence-electron chi connectivity index (χ2n) is 24.5. The summed E-state index contributed by atoms with van der Waals surface area (Å²) in [6.45, 7) is 17.1. The van der Waals surface area contributed by atoms with Crippen molar-refractivity contribution in [3.63, 3.8) is 0 Å². The molecule has 10 nitrogen and oxygen atoms in total. The van der Waals surface area contributed by atoms with E-state index in [1.165, 1.54) is 20.9 Å². The monoisotopic (exact) mass is 895 g/mol. The number of amides is 4. The molecule has 0 aromatic heterocycles. The zero-order valence-corrected chi connectivity index (χ0v) is 42.1. The normalized spacial score (nSPS) is 46.7. The van der Waals surface area contributed by atoms with Crippen LogP contribution >= 0.6 is 0 Å². The van der Waals surface area contributed by atoms with Gasteiger partial charge in [-0.25, -0.2) is 9.80 Å². The minimum absolute atomic E-state index is 0. The molecule has 2 N–H and O–H groups in total. The predicted molar refractivity (Wildman–Crippen MR) is 246 cm³/mol. The van der Waals surface area contributed by atoms with E-state index in [0.717, 1.165) is 38.5 Å². The number of carboxylic acid groups (broad SMARTS) is 2. The largest absolute Gasteiger partial charge is 0.481 e. The number of allylic oxidation sites excluding steroid dienone is 4. The molecule has 10 aliphatic carbocycles. The third kappa shape index (κ3) is 5.45. The number of imide groups is 2. The molecular weight excluding hydrogens is 828 g/mol. The summed E-state index contributed by atoms with van der Waals surface area (Å²) in [4.78, 5) is 89.4. The van der Waals surface area contributed by atoms with Crippen LogP contribution in [0.3, 0.4) is 0 Å². The van der Waals surface area contributed by atoms with Gasteiger partial charge in [-0.1, -0.05) is 83.7 Å². The fraction of sp³-hybridized carbons (Fsp3) is 0.704. The van der Waals surface area contributed by atoms with Crippen molar-refractivity contribution in [2.75, 3.05) is 9.80 Å². The summed E-state index contributed by atoms with van der Waals surface area (Å²) < 4.78 is 0. The molecule has 6 saturated carbocycles. The Hall–Kier alpha value is -3.08. The van der Waals surface area contributed by atoms with Crippen LogP contribution < -0.4 is 9.80 Å². The summed E-state index contributed by atoms with van der Waals surface area (Å²) in [6, 6.07) is 7.01. The minimum atomic E-state index is -0.833. The van der Waals surface area contributed by atoms with E-state index >= 15 is 19.2 Å². The van der Waals surface area contributed by atoms with Crippen LogP contribution in [0.25, 0.3) is 0 Å². The quantitative estimate of drug-likeness (QED) is 0.163. The van der Waals surface area contributed by atoms with Gasteiger partial charge >= 0.3 is 11.9 Å². The van der Waals surface area contributed by atoms with Gasteiger partial charge in [0.05, 0.1) is 45.9 Å². The Morgan fingerprint density at radius 3 is 1.32 bits per heavy atom. The standard InChI is InChI=1S/C54H68N2O8.Na/c1-27(2)33-25-53-20-14-35-49(5,16-10-18-51(35,7)47(61)62)37(53)23-31(33)39-41(53)45(59)55(43(39)57)29-12-9-13-30(22-29)56-44(58)40-32-24-38-50(6)17-11-19-52(8,48(63)64)36(50)15-21-54(38,42(40)46(56)60)26-34(32)28(3)4;/h9,12-13,22,25-28,31-32,35-42H,10-11,14-21,23-24H2,1-8H3,(H,61,62)(H,63,64);. The van der Waals surface area contributed by atoms with E-state index in [9.17, 15) is 19.8 Å². The number of carboxylic acids is 2. The summed E-state index contributed by atoms with van der Waals surface area (Å²) in [5, 5.41) is 21.2. The van der Waals surface area contributed by atoms with Crippen molar-refractivity contribution in [3.8, 4) is 0 Å². The predicted octanol–water partition coefficient (Wildman–Crippen LogP) is 9.34. The van der Waals surface area contributed by atoms with Gasteiger partial charge in [-0.3, -0.25) is 28.8 Å². The van der Waals surface area contributed by atoms with Crippen molar-refractivity contribution in [2.45, 2.75) is 132 Å². The van der Waals surface area contributed by atoms with E-state index in [0.29, 0.717) is 49.9 Å². The van der Waals surface area contributed by atoms with Gasteiger partial charge in [0.1, 0.15) is 0 Å². The summed E-state index contributed by atoms with van der Waals surface area (Å²) >= 11 is 0. The molecule has 65 heavy (non-hydrogen) atoms. The maximum Gasteiger partial charge on any atom is 0.309 e. The van der Waals surface area contributed by atoms with Crippen molar-refractivity contribution in [1.29, 1.82) is 0 Å². The van der Waals surface area contributed by atoms with Crippen LogP contribution in [0.15, 0.2) is 47.6 Å². The molecule has 4 bridgehead atoms. The van der Waals surface area contributed by atoms with Crippen LogP contribution in [0.5, 0.6) is 0 Å². The number of carbonyl (C=O) groups excluding carboxylic acids is 4. The number of hydrogen-bond acceptors (Lipinski definition) is 6. The fourth-order valence-corrected chi connectivity index (χ4v) is 19.2. The maximum atomic E-state index is 15.3. The average Bonchev–Trinajstić information content (AvgIpc) is 3.69. The van der Waals surface area contributed by atoms with Crippen LogP contribution in [0.4, 0.5) is 11.4 Å². The van der Waals surface area contributed by atoms with Crippen LogP contribution in [0.2, 0.25) is 0 Å². The smallest absolute Gasteiger partial charge is 0.309 e. The first-order valence-corrected chi connectivity index (χ1v) is 24.9. The Balaban J connectivity index is 0.00000498. The van der Waals surface area contributed by atoms with Crippen molar-refractivity contribution >= 4 is 76.5 Å². The molecule has 13 rings (SSSR count). The molecule has 12 aliphatic rings. The van der Waals surface area contributed by atoms with E-state index < -0.39 is 57.3 Å². The van der Waals surface area contributed by atoms with Gasteiger partial charge in [-0.05, 0) is 154 Å². The van der Waals surface area contributed by atoms with Gasteiger partial charge in [-0.15, -0.1) is 0 Å². The summed E-state index contributed by atoms with van der Waals surface area (Å²) in [7, 11) is 0. The fourth-order valence-electron chi connectivity index (χ4n) is 19.2. The number of carbonyl (C=O) groups is 6. The molecule has 8 fully saturated rings. The second-order valence-corrected chi connectivity index (χ2v) is 24.5. The van der Waals surface area contributed by atoms with E-state index in [-0.39, 0.29) is 111 Å². The van der Waals surface area contributed by atoms with Crippen LogP contribution in [0, 0.1) is 104 Å². The molecule has 16 unspecified atom stereocenters. The van der Waals surface area contributed by atoms with E-state index in [1.54, 1.807) is 24.3 Å². The molecule has 11 heteroatoms. The molecule has 1 radical (unpaired) electrons. The second kappa shape index (κ2) is 14.5. The van der Waals surface area contributed by atoms with Gasteiger partial charge < -0.3 is 10.2 Å². The molecule has 2 aliphatic heterocycles. The number of hydrogen-bond donors (Lipinski definition) is 2. The third-order valence-electron chi connectivity index (χ3n) is 21.7. The number of fused-ring (bicyclic) bond motifs is 2. The molecule has 1 aromatic carbocycles. The third-order valence-corrected chi connectivity index (χ3v) is 21.7. The van der Waals surface area contributed by atoms with Gasteiger partial charge in [0.25, 0.3) is 0 Å². The maximum absolute atomic E-state index is 15.3. The van der Waals surface area contributed by atoms with E-state index in [4.69, 9.17) is 0 Å². The van der Waals surface area contributed by atoms with Gasteiger partial charge in [0.15, 0.2) is 0 Å². The van der Waals surface area contributed by atoms with Gasteiger partial charge in [-0.2, -0.15) is 0 Å². The number of aliphatic carboxylic acids is 2. The average molecular weight is 896 g/mol. The van der Waals surface area contributed by atoms with E-state index in [2.05, 4.69) is 53.7 Å². The Morgan fingerprint density at radius 2 is 0.969 bits per heavy atom. The molecule has 1 aromatic rings. The van der Waals surface area contributed by atoms with Gasteiger partial charge in [0, 0.05) is 40.4 Å². The topological polar surface area (TPSA) is 149 Å². The van der Waals surface area contributed by atoms with Crippen molar-refractivity contribution in [3.05, 3.63) is 47.6 Å². The summed E-state index contributed by atoms with van der Waals surface area (Å²) in [5.41, 5.74) is -0.121. The SMILES string of the molecule is CC(C)C1=CC23CCC4C(C)(C(=O)O)CCCC4(C)C2CC1C1C(=O)N(c2cccc(N4C(=O)C5C6CC7C8(C)CCCC(C)(C(=O)O)C8CCC7(C=C6C(C)C)C5C4=O)c2)C(=O)C13.[Na]. The number of benzene rings is 1. The zero-order valence-electron chi connectivity index (χ0n) is 40.1. The first-order valence-electron chi connectivity index (χ1n) is 24.9. The van der Waals surface area contributed by atoms with Crippen molar-refractivity contribution < 1.29 is 39.0 Å². The number of nitrogens with zero attached hydrogens (tertiary/aromatic N) is 2. The van der Waals surface area contributed by atoms with Crippen molar-refractivity contribution in [2.24, 2.45) is 104 Å². The molecule has 2 heterocycles. The molecule has 16 atom stereocenters. The molecule has 2 spiro atoms. The summed E-state index contributed by atoms with van der Waals surface area (Å²) in [5.74, 6) is -4.24. The Labute approximate surface area is 406 Å². The van der Waals surface area contributed by atoms with Crippen LogP contribution in [0.1, 0.15) is 132 Å².